The summed E-state index contributed by atoms with van der Waals surface area (Å²) in [5.41, 5.74) is 2.99. The van der Waals surface area contributed by atoms with E-state index in [9.17, 15) is 4.79 Å². The van der Waals surface area contributed by atoms with E-state index in [4.69, 9.17) is 37.4 Å². The van der Waals surface area contributed by atoms with Crippen LogP contribution in [0, 0.1) is 0 Å². The standard InChI is InChI=1S/C28H25Cl2N5O4/c1-16-25(27(36)34-21-13-23(37-2)20(30)12-24(21)38-3)26(35-28(33-16)31-15-32-35)18-9-5-7-11-22(18)39-14-17-8-4-6-10-19(17)29/h4-13,15,26H,14H2,1-3H3,(H,34,36)(H,31,32,33)/t26-/m1/s1. The van der Waals surface area contributed by atoms with Crippen LogP contribution in [-0.2, 0) is 11.4 Å². The number of methoxy groups -OCH3 is 2. The lowest BCUT2D eigenvalue weighted by Gasteiger charge is -2.30. The highest BCUT2D eigenvalue weighted by Crippen LogP contribution is 2.41. The molecule has 1 aliphatic rings. The van der Waals surface area contributed by atoms with Crippen molar-refractivity contribution in [3.63, 3.8) is 0 Å². The van der Waals surface area contributed by atoms with Gasteiger partial charge in [-0.25, -0.2) is 4.68 Å². The Balaban J connectivity index is 1.54. The quantitative estimate of drug-likeness (QED) is 0.266. The summed E-state index contributed by atoms with van der Waals surface area (Å²) in [6.07, 6.45) is 1.43. The molecule has 200 valence electrons. The summed E-state index contributed by atoms with van der Waals surface area (Å²) in [7, 11) is 3.00. The Labute approximate surface area is 235 Å². The minimum absolute atomic E-state index is 0.248. The van der Waals surface area contributed by atoms with Crippen LogP contribution in [0.3, 0.4) is 0 Å². The number of hydrogen-bond donors (Lipinski definition) is 2. The molecule has 4 aromatic rings. The zero-order valence-corrected chi connectivity index (χ0v) is 22.9. The van der Waals surface area contributed by atoms with Crippen molar-refractivity contribution in [2.75, 3.05) is 24.9 Å². The van der Waals surface area contributed by atoms with E-state index in [-0.39, 0.29) is 12.5 Å². The molecule has 0 saturated carbocycles. The van der Waals surface area contributed by atoms with Crippen LogP contribution in [0.1, 0.15) is 24.1 Å². The number of ether oxygens (including phenoxy) is 3. The van der Waals surface area contributed by atoms with Crippen molar-refractivity contribution >= 4 is 40.7 Å². The van der Waals surface area contributed by atoms with Crippen molar-refractivity contribution in [3.8, 4) is 17.2 Å². The van der Waals surface area contributed by atoms with Crippen molar-refractivity contribution in [2.45, 2.75) is 19.6 Å². The van der Waals surface area contributed by atoms with Crippen molar-refractivity contribution in [1.29, 1.82) is 0 Å². The third-order valence-electron chi connectivity index (χ3n) is 6.32. The number of hydrogen-bond acceptors (Lipinski definition) is 7. The van der Waals surface area contributed by atoms with Crippen molar-refractivity contribution in [2.24, 2.45) is 0 Å². The number of nitrogens with one attached hydrogen (secondary N) is 2. The number of halogens is 2. The van der Waals surface area contributed by atoms with Crippen molar-refractivity contribution in [1.82, 2.24) is 14.8 Å². The first-order valence-corrected chi connectivity index (χ1v) is 12.7. The summed E-state index contributed by atoms with van der Waals surface area (Å²) in [5.74, 6) is 1.48. The molecule has 0 fully saturated rings. The van der Waals surface area contributed by atoms with Crippen LogP contribution in [0.15, 0.2) is 78.3 Å². The third-order valence-corrected chi connectivity index (χ3v) is 6.98. The molecule has 1 aromatic heterocycles. The van der Waals surface area contributed by atoms with E-state index in [1.54, 1.807) is 16.8 Å². The highest BCUT2D eigenvalue weighted by Gasteiger charge is 2.35. The molecule has 0 bridgehead atoms. The van der Waals surface area contributed by atoms with E-state index in [0.29, 0.717) is 50.2 Å². The molecule has 0 unspecified atom stereocenters. The lowest BCUT2D eigenvalue weighted by Crippen LogP contribution is -2.31. The van der Waals surface area contributed by atoms with Gasteiger partial charge in [0.05, 0.1) is 30.5 Å². The number of amides is 1. The van der Waals surface area contributed by atoms with Gasteiger partial charge in [0.1, 0.15) is 36.2 Å². The number of anilines is 2. The molecule has 1 atom stereocenters. The largest absolute Gasteiger partial charge is 0.495 e. The molecule has 1 aliphatic heterocycles. The number of allylic oxidation sites excluding steroid dienone is 1. The Morgan fingerprint density at radius 3 is 2.51 bits per heavy atom. The maximum atomic E-state index is 13.9. The van der Waals surface area contributed by atoms with Crippen LogP contribution in [0.4, 0.5) is 11.6 Å². The number of rotatable bonds is 8. The Morgan fingerprint density at radius 1 is 1.00 bits per heavy atom. The minimum Gasteiger partial charge on any atom is -0.495 e. The second kappa shape index (κ2) is 11.3. The van der Waals surface area contributed by atoms with Gasteiger partial charge in [0.2, 0.25) is 5.95 Å². The van der Waals surface area contributed by atoms with Crippen LogP contribution in [0.2, 0.25) is 10.0 Å². The van der Waals surface area contributed by atoms with Crippen LogP contribution in [-0.4, -0.2) is 34.9 Å². The molecule has 2 heterocycles. The molecule has 0 spiro atoms. The number of nitrogens with zero attached hydrogens (tertiary/aromatic N) is 3. The lowest BCUT2D eigenvalue weighted by molar-refractivity contribution is -0.113. The molecule has 11 heteroatoms. The SMILES string of the molecule is COc1cc(NC(=O)C2=C(C)Nc3ncnn3[C@@H]2c2ccccc2OCc2ccccc2Cl)c(OC)cc1Cl. The van der Waals surface area contributed by atoms with Gasteiger partial charge < -0.3 is 24.8 Å². The average molecular weight is 566 g/mol. The van der Waals surface area contributed by atoms with E-state index in [2.05, 4.69) is 20.7 Å². The maximum Gasteiger partial charge on any atom is 0.255 e. The van der Waals surface area contributed by atoms with Gasteiger partial charge in [-0.1, -0.05) is 59.6 Å². The van der Waals surface area contributed by atoms with E-state index in [1.807, 2.05) is 55.5 Å². The molecule has 0 radical (unpaired) electrons. The Bertz CT molecular complexity index is 1570. The monoisotopic (exact) mass is 565 g/mol. The summed E-state index contributed by atoms with van der Waals surface area (Å²) < 4.78 is 18.7. The number of aromatic nitrogens is 3. The van der Waals surface area contributed by atoms with Gasteiger partial charge in [0.25, 0.3) is 5.91 Å². The van der Waals surface area contributed by atoms with Gasteiger partial charge in [-0.3, -0.25) is 4.79 Å². The second-order valence-electron chi connectivity index (χ2n) is 8.65. The highest BCUT2D eigenvalue weighted by molar-refractivity contribution is 6.32. The van der Waals surface area contributed by atoms with Gasteiger partial charge in [-0.05, 0) is 19.1 Å². The van der Waals surface area contributed by atoms with E-state index in [1.165, 1.54) is 20.5 Å². The Kier molecular flexibility index (Phi) is 7.63. The lowest BCUT2D eigenvalue weighted by atomic mass is 9.94. The number of fused-ring (bicyclic) bond motifs is 1. The minimum atomic E-state index is -0.647. The molecule has 3 aromatic carbocycles. The van der Waals surface area contributed by atoms with Gasteiger partial charge >= 0.3 is 0 Å². The molecular formula is C28H25Cl2N5O4. The van der Waals surface area contributed by atoms with Crippen LogP contribution >= 0.6 is 23.2 Å². The molecule has 5 rings (SSSR count). The summed E-state index contributed by atoms with van der Waals surface area (Å²) in [6.45, 7) is 2.06. The van der Waals surface area contributed by atoms with Crippen molar-refractivity contribution in [3.05, 3.63) is 99.4 Å². The van der Waals surface area contributed by atoms with Gasteiger partial charge in [0.15, 0.2) is 0 Å². The first kappa shape index (κ1) is 26.4. The summed E-state index contributed by atoms with van der Waals surface area (Å²) in [6, 6.07) is 17.5. The Morgan fingerprint density at radius 2 is 1.74 bits per heavy atom. The predicted octanol–water partition coefficient (Wildman–Crippen LogP) is 6.11. The molecule has 9 nitrogen and oxygen atoms in total. The maximum absolute atomic E-state index is 13.9. The topological polar surface area (TPSA) is 99.5 Å². The number of para-hydroxylation sites is 1. The molecule has 39 heavy (non-hydrogen) atoms. The van der Waals surface area contributed by atoms with Crippen LogP contribution in [0.25, 0.3) is 0 Å². The van der Waals surface area contributed by atoms with Gasteiger partial charge in [0, 0.05) is 34.0 Å². The third kappa shape index (κ3) is 5.23. The molecular weight excluding hydrogens is 541 g/mol. The summed E-state index contributed by atoms with van der Waals surface area (Å²) in [5, 5.41) is 11.5. The number of carbonyl (C=O) groups excluding carboxylic acids is 1. The molecule has 2 N–H and O–H groups in total. The fourth-order valence-corrected chi connectivity index (χ4v) is 4.85. The summed E-state index contributed by atoms with van der Waals surface area (Å²) in [4.78, 5) is 18.2. The van der Waals surface area contributed by atoms with E-state index in [0.717, 1.165) is 11.1 Å². The fourth-order valence-electron chi connectivity index (χ4n) is 4.43. The van der Waals surface area contributed by atoms with E-state index >= 15 is 0 Å². The first-order valence-electron chi connectivity index (χ1n) is 12.0. The van der Waals surface area contributed by atoms with Gasteiger partial charge in [-0.2, -0.15) is 10.1 Å². The van der Waals surface area contributed by atoms with E-state index < -0.39 is 6.04 Å². The normalized spacial score (nSPS) is 14.3. The zero-order chi connectivity index (χ0) is 27.5. The highest BCUT2D eigenvalue weighted by atomic mass is 35.5. The predicted molar refractivity (Wildman–Crippen MR) is 150 cm³/mol. The second-order valence-corrected chi connectivity index (χ2v) is 9.47. The van der Waals surface area contributed by atoms with Crippen molar-refractivity contribution < 1.29 is 19.0 Å². The fraction of sp³-hybridized carbons (Fsp3) is 0.179. The van der Waals surface area contributed by atoms with Crippen LogP contribution in [0.5, 0.6) is 17.2 Å². The Hall–Kier alpha value is -4.21. The summed E-state index contributed by atoms with van der Waals surface area (Å²) >= 11 is 12.6. The van der Waals surface area contributed by atoms with Crippen LogP contribution < -0.4 is 24.8 Å². The smallest absolute Gasteiger partial charge is 0.255 e. The zero-order valence-electron chi connectivity index (χ0n) is 21.4. The van der Waals surface area contributed by atoms with Gasteiger partial charge in [-0.15, -0.1) is 0 Å². The molecule has 0 saturated heterocycles. The average Bonchev–Trinajstić information content (AvgIpc) is 3.40. The molecule has 1 amide bonds. The molecule has 0 aliphatic carbocycles. The number of carbonyl (C=O) groups is 1. The first-order chi connectivity index (χ1) is 18.9. The number of benzene rings is 3.